The second kappa shape index (κ2) is 9.67. The van der Waals surface area contributed by atoms with E-state index < -0.39 is 5.82 Å². The predicted molar refractivity (Wildman–Crippen MR) is 126 cm³/mol. The summed E-state index contributed by atoms with van der Waals surface area (Å²) in [6, 6.07) is 13.2. The summed E-state index contributed by atoms with van der Waals surface area (Å²) in [6.45, 7) is 2.61. The Kier molecular flexibility index (Phi) is 6.29. The number of hydrogen-bond acceptors (Lipinski definition) is 6. The van der Waals surface area contributed by atoms with E-state index in [1.54, 1.807) is 24.1 Å². The number of fused-ring (bicyclic) bond motifs is 1. The average Bonchev–Trinajstić information content (AvgIpc) is 2.88. The van der Waals surface area contributed by atoms with Gasteiger partial charge in [-0.25, -0.2) is 9.37 Å². The highest BCUT2D eigenvalue weighted by atomic mass is 19.1. The van der Waals surface area contributed by atoms with Crippen molar-refractivity contribution < 1.29 is 18.7 Å². The number of nitrogens with zero attached hydrogens (tertiary/aromatic N) is 4. The lowest BCUT2D eigenvalue weighted by Crippen LogP contribution is -2.37. The second-order valence-electron chi connectivity index (χ2n) is 8.54. The Bertz CT molecular complexity index is 1200. The molecule has 1 fully saturated rings. The molecule has 3 heterocycles. The van der Waals surface area contributed by atoms with Gasteiger partial charge in [-0.05, 0) is 49.6 Å². The van der Waals surface area contributed by atoms with Gasteiger partial charge in [0.05, 0.1) is 24.9 Å². The van der Waals surface area contributed by atoms with Crippen LogP contribution in [-0.2, 0) is 13.0 Å². The third-order valence-corrected chi connectivity index (χ3v) is 6.28. The summed E-state index contributed by atoms with van der Waals surface area (Å²) < 4.78 is 25.4. The van der Waals surface area contributed by atoms with Crippen LogP contribution >= 0.6 is 0 Å². The highest BCUT2D eigenvalue weighted by molar-refractivity contribution is 5.94. The molecule has 0 aliphatic carbocycles. The Morgan fingerprint density at radius 3 is 2.53 bits per heavy atom. The predicted octanol–water partition coefficient (Wildman–Crippen LogP) is 4.61. The number of halogens is 1. The van der Waals surface area contributed by atoms with Gasteiger partial charge in [-0.1, -0.05) is 18.2 Å². The number of carbonyl (C=O) groups excluding carboxylic acids is 1. The van der Waals surface area contributed by atoms with E-state index >= 15 is 0 Å². The quantitative estimate of drug-likeness (QED) is 0.552. The number of anilines is 1. The zero-order valence-corrected chi connectivity index (χ0v) is 19.2. The molecule has 5 rings (SSSR count). The lowest BCUT2D eigenvalue weighted by Gasteiger charge is -2.32. The minimum absolute atomic E-state index is 0.228. The Morgan fingerprint density at radius 2 is 1.76 bits per heavy atom. The summed E-state index contributed by atoms with van der Waals surface area (Å²) in [5, 5.41) is 0. The van der Waals surface area contributed by atoms with Gasteiger partial charge < -0.3 is 19.3 Å². The normalized spacial score (nSPS) is 15.6. The van der Waals surface area contributed by atoms with Crippen molar-refractivity contribution in [1.29, 1.82) is 0 Å². The van der Waals surface area contributed by atoms with Crippen LogP contribution in [0.4, 0.5) is 10.3 Å². The first-order chi connectivity index (χ1) is 16.6. The topological polar surface area (TPSA) is 67.8 Å². The van der Waals surface area contributed by atoms with Gasteiger partial charge in [-0.3, -0.25) is 4.79 Å². The zero-order chi connectivity index (χ0) is 23.5. The van der Waals surface area contributed by atoms with Crippen LogP contribution in [0.2, 0.25) is 0 Å². The van der Waals surface area contributed by atoms with E-state index in [9.17, 15) is 9.18 Å². The molecule has 2 aliphatic heterocycles. The summed E-state index contributed by atoms with van der Waals surface area (Å²) in [5.41, 5.74) is 1.97. The highest BCUT2D eigenvalue weighted by Crippen LogP contribution is 2.36. The smallest absolute Gasteiger partial charge is 0.254 e. The molecule has 0 saturated carbocycles. The fourth-order valence-electron chi connectivity index (χ4n) is 4.48. The summed E-state index contributed by atoms with van der Waals surface area (Å²) >= 11 is 0. The van der Waals surface area contributed by atoms with Gasteiger partial charge in [0.25, 0.3) is 5.91 Å². The maximum Gasteiger partial charge on any atom is 0.254 e. The summed E-state index contributed by atoms with van der Waals surface area (Å²) in [7, 11) is 1.59. The number of piperidine rings is 1. The Balaban J connectivity index is 1.50. The van der Waals surface area contributed by atoms with Crippen molar-refractivity contribution in [2.24, 2.45) is 0 Å². The molecule has 1 aromatic heterocycles. The van der Waals surface area contributed by atoms with E-state index in [-0.39, 0.29) is 12.5 Å². The first-order valence-corrected chi connectivity index (χ1v) is 11.6. The molecule has 0 spiro atoms. The average molecular weight is 463 g/mol. The fourth-order valence-corrected chi connectivity index (χ4v) is 4.48. The van der Waals surface area contributed by atoms with Crippen LogP contribution < -0.4 is 14.4 Å². The van der Waals surface area contributed by atoms with Gasteiger partial charge in [0.15, 0.2) is 11.5 Å². The molecule has 2 aliphatic rings. The van der Waals surface area contributed by atoms with Crippen molar-refractivity contribution in [1.82, 2.24) is 14.9 Å². The molecule has 7 nitrogen and oxygen atoms in total. The SMILES string of the molecule is COc1ccccc1Oc1nc(N2CCCCC2)nc2c1CN(C(=O)c1cccc(F)c1)CC2. The monoisotopic (exact) mass is 462 g/mol. The lowest BCUT2D eigenvalue weighted by molar-refractivity contribution is 0.0731. The number of rotatable bonds is 5. The van der Waals surface area contributed by atoms with Crippen LogP contribution in [0.25, 0.3) is 0 Å². The van der Waals surface area contributed by atoms with Gasteiger partial charge in [0.1, 0.15) is 5.82 Å². The van der Waals surface area contributed by atoms with Crippen LogP contribution in [0.3, 0.4) is 0 Å². The number of amides is 1. The molecule has 0 N–H and O–H groups in total. The number of benzene rings is 2. The molecular formula is C26H27FN4O3. The third kappa shape index (κ3) is 4.53. The molecule has 176 valence electrons. The Morgan fingerprint density at radius 1 is 0.971 bits per heavy atom. The van der Waals surface area contributed by atoms with Gasteiger partial charge in [-0.15, -0.1) is 0 Å². The van der Waals surface area contributed by atoms with E-state index in [0.717, 1.165) is 37.2 Å². The molecule has 0 bridgehead atoms. The highest BCUT2D eigenvalue weighted by Gasteiger charge is 2.29. The molecule has 1 saturated heterocycles. The van der Waals surface area contributed by atoms with Crippen LogP contribution in [0.5, 0.6) is 17.4 Å². The van der Waals surface area contributed by atoms with Crippen LogP contribution in [0.15, 0.2) is 48.5 Å². The van der Waals surface area contributed by atoms with Crippen molar-refractivity contribution in [2.45, 2.75) is 32.2 Å². The maximum atomic E-state index is 13.7. The largest absolute Gasteiger partial charge is 0.493 e. The standard InChI is InChI=1S/C26H27FN4O3/c1-33-22-10-3-4-11-23(22)34-24-20-17-31(25(32)18-8-7-9-19(27)16-18)15-12-21(20)28-26(29-24)30-13-5-2-6-14-30/h3-4,7-11,16H,2,5-6,12-15,17H2,1H3. The van der Waals surface area contributed by atoms with E-state index in [4.69, 9.17) is 19.4 Å². The van der Waals surface area contributed by atoms with Crippen LogP contribution in [-0.4, -0.2) is 47.5 Å². The third-order valence-electron chi connectivity index (χ3n) is 6.28. The summed E-state index contributed by atoms with van der Waals surface area (Å²) in [6.07, 6.45) is 4.00. The molecule has 0 atom stereocenters. The van der Waals surface area contributed by atoms with Crippen LogP contribution in [0, 0.1) is 5.82 Å². The summed E-state index contributed by atoms with van der Waals surface area (Å²) in [5.74, 6) is 1.56. The number of para-hydroxylation sites is 2. The summed E-state index contributed by atoms with van der Waals surface area (Å²) in [4.78, 5) is 26.7. The van der Waals surface area contributed by atoms with E-state index in [2.05, 4.69) is 4.90 Å². The Hall–Kier alpha value is -3.68. The zero-order valence-electron chi connectivity index (χ0n) is 19.2. The maximum absolute atomic E-state index is 13.7. The first-order valence-electron chi connectivity index (χ1n) is 11.6. The second-order valence-corrected chi connectivity index (χ2v) is 8.54. The number of methoxy groups -OCH3 is 1. The van der Waals surface area contributed by atoms with Gasteiger partial charge in [0, 0.05) is 31.6 Å². The van der Waals surface area contributed by atoms with E-state index in [1.165, 1.54) is 18.6 Å². The molecule has 34 heavy (non-hydrogen) atoms. The first kappa shape index (κ1) is 22.1. The molecule has 1 amide bonds. The molecule has 0 unspecified atom stereocenters. The van der Waals surface area contributed by atoms with Gasteiger partial charge in [0.2, 0.25) is 11.8 Å². The van der Waals surface area contributed by atoms with Crippen molar-refractivity contribution >= 4 is 11.9 Å². The van der Waals surface area contributed by atoms with Crippen molar-refractivity contribution in [3.63, 3.8) is 0 Å². The fraction of sp³-hybridized carbons (Fsp3) is 0.346. The molecule has 0 radical (unpaired) electrons. The molecule has 2 aromatic carbocycles. The van der Waals surface area contributed by atoms with Crippen molar-refractivity contribution in [3.05, 3.63) is 71.2 Å². The Labute approximate surface area is 198 Å². The van der Waals surface area contributed by atoms with E-state index in [1.807, 2.05) is 24.3 Å². The lowest BCUT2D eigenvalue weighted by atomic mass is 10.0. The minimum atomic E-state index is -0.432. The van der Waals surface area contributed by atoms with Gasteiger partial charge in [-0.2, -0.15) is 4.98 Å². The van der Waals surface area contributed by atoms with Gasteiger partial charge >= 0.3 is 0 Å². The molecular weight excluding hydrogens is 435 g/mol. The number of carbonyl (C=O) groups is 1. The van der Waals surface area contributed by atoms with Crippen LogP contribution in [0.1, 0.15) is 40.9 Å². The number of ether oxygens (including phenoxy) is 2. The molecule has 3 aromatic rings. The van der Waals surface area contributed by atoms with E-state index in [0.29, 0.717) is 41.9 Å². The minimum Gasteiger partial charge on any atom is -0.493 e. The molecule has 8 heteroatoms. The van der Waals surface area contributed by atoms with Crippen molar-refractivity contribution in [3.8, 4) is 17.4 Å². The number of hydrogen-bond donors (Lipinski definition) is 0. The van der Waals surface area contributed by atoms with Crippen molar-refractivity contribution in [2.75, 3.05) is 31.6 Å². The number of aromatic nitrogens is 2.